The third-order valence-corrected chi connectivity index (χ3v) is 3.92. The topological polar surface area (TPSA) is 73.9 Å². The highest BCUT2D eigenvalue weighted by Crippen LogP contribution is 2.28. The number of carbonyl (C=O) groups is 2. The molecule has 0 aliphatic rings. The molecule has 2 rings (SSSR count). The van der Waals surface area contributed by atoms with E-state index in [9.17, 15) is 9.59 Å². The highest BCUT2D eigenvalue weighted by atomic mass is 16.5. The van der Waals surface area contributed by atoms with Crippen molar-refractivity contribution in [3.05, 3.63) is 65.7 Å². The molecule has 2 aromatic rings. The van der Waals surface area contributed by atoms with Gasteiger partial charge in [0.15, 0.2) is 18.1 Å². The molecular formula is C22H25NO5. The monoisotopic (exact) mass is 383 g/mol. The van der Waals surface area contributed by atoms with Crippen LogP contribution in [0.3, 0.4) is 0 Å². The van der Waals surface area contributed by atoms with Gasteiger partial charge in [-0.05, 0) is 43.2 Å². The summed E-state index contributed by atoms with van der Waals surface area (Å²) in [7, 11) is 1.55. The number of benzene rings is 2. The first-order valence-electron chi connectivity index (χ1n) is 9.03. The number of nitrogens with one attached hydrogen (secondary N) is 1. The Labute approximate surface area is 165 Å². The van der Waals surface area contributed by atoms with Gasteiger partial charge < -0.3 is 19.5 Å². The predicted octanol–water partition coefficient (Wildman–Crippen LogP) is 3.53. The maximum Gasteiger partial charge on any atom is 0.331 e. The van der Waals surface area contributed by atoms with Crippen molar-refractivity contribution < 1.29 is 23.8 Å². The van der Waals surface area contributed by atoms with Crippen LogP contribution in [0.4, 0.5) is 0 Å². The van der Waals surface area contributed by atoms with Gasteiger partial charge in [0.2, 0.25) is 0 Å². The zero-order valence-electron chi connectivity index (χ0n) is 16.3. The summed E-state index contributed by atoms with van der Waals surface area (Å²) in [5.41, 5.74) is 1.73. The van der Waals surface area contributed by atoms with Crippen molar-refractivity contribution in [3.63, 3.8) is 0 Å². The lowest BCUT2D eigenvalue weighted by Gasteiger charge is -2.14. The number of rotatable bonds is 9. The normalized spacial score (nSPS) is 11.7. The van der Waals surface area contributed by atoms with E-state index in [2.05, 4.69) is 5.32 Å². The lowest BCUT2D eigenvalue weighted by atomic mass is 10.1. The van der Waals surface area contributed by atoms with Crippen LogP contribution in [0.2, 0.25) is 0 Å². The van der Waals surface area contributed by atoms with E-state index in [4.69, 9.17) is 14.2 Å². The minimum Gasteiger partial charge on any atom is -0.493 e. The molecule has 1 N–H and O–H groups in total. The van der Waals surface area contributed by atoms with Gasteiger partial charge in [0.05, 0.1) is 19.8 Å². The van der Waals surface area contributed by atoms with Crippen LogP contribution in [-0.2, 0) is 14.3 Å². The van der Waals surface area contributed by atoms with Gasteiger partial charge in [0, 0.05) is 6.08 Å². The van der Waals surface area contributed by atoms with Crippen molar-refractivity contribution >= 4 is 18.0 Å². The molecule has 148 valence electrons. The van der Waals surface area contributed by atoms with Crippen molar-refractivity contribution in [1.29, 1.82) is 0 Å². The molecule has 2 aromatic carbocycles. The smallest absolute Gasteiger partial charge is 0.331 e. The lowest BCUT2D eigenvalue weighted by molar-refractivity contribution is -0.144. The van der Waals surface area contributed by atoms with E-state index in [1.165, 1.54) is 6.08 Å². The summed E-state index contributed by atoms with van der Waals surface area (Å²) in [6.07, 6.45) is 2.86. The summed E-state index contributed by atoms with van der Waals surface area (Å²) in [6, 6.07) is 14.7. The van der Waals surface area contributed by atoms with Gasteiger partial charge >= 0.3 is 5.97 Å². The van der Waals surface area contributed by atoms with E-state index < -0.39 is 5.97 Å². The number of carbonyl (C=O) groups excluding carboxylic acids is 2. The molecule has 1 amide bonds. The minimum atomic E-state index is -0.602. The molecule has 0 fully saturated rings. The van der Waals surface area contributed by atoms with Gasteiger partial charge in [-0.2, -0.15) is 0 Å². The van der Waals surface area contributed by atoms with Crippen LogP contribution < -0.4 is 14.8 Å². The first kappa shape index (κ1) is 21.0. The summed E-state index contributed by atoms with van der Waals surface area (Å²) < 4.78 is 15.7. The van der Waals surface area contributed by atoms with Crippen molar-refractivity contribution in [3.8, 4) is 11.5 Å². The molecule has 28 heavy (non-hydrogen) atoms. The maximum atomic E-state index is 11.9. The van der Waals surface area contributed by atoms with Crippen molar-refractivity contribution in [2.75, 3.05) is 20.3 Å². The Morgan fingerprint density at radius 1 is 1.11 bits per heavy atom. The SMILES string of the molecule is CCOc1ccc(/C=C/C(=O)OCC(=O)N[C@H](C)c2ccccc2)cc1OC. The Morgan fingerprint density at radius 3 is 2.54 bits per heavy atom. The Bertz CT molecular complexity index is 817. The molecule has 0 heterocycles. The number of esters is 1. The molecule has 1 atom stereocenters. The Kier molecular flexibility index (Phi) is 8.09. The zero-order valence-corrected chi connectivity index (χ0v) is 16.3. The van der Waals surface area contributed by atoms with Crippen LogP contribution in [0.25, 0.3) is 6.08 Å². The molecule has 6 nitrogen and oxygen atoms in total. The summed E-state index contributed by atoms with van der Waals surface area (Å²) in [4.78, 5) is 23.8. The van der Waals surface area contributed by atoms with Crippen LogP contribution in [0, 0.1) is 0 Å². The van der Waals surface area contributed by atoms with Crippen molar-refractivity contribution in [2.45, 2.75) is 19.9 Å². The summed E-state index contributed by atoms with van der Waals surface area (Å²) in [5, 5.41) is 2.79. The maximum absolute atomic E-state index is 11.9. The molecular weight excluding hydrogens is 358 g/mol. The van der Waals surface area contributed by atoms with E-state index in [1.807, 2.05) is 44.2 Å². The average Bonchev–Trinajstić information content (AvgIpc) is 2.72. The lowest BCUT2D eigenvalue weighted by Crippen LogP contribution is -2.30. The average molecular weight is 383 g/mol. The fraction of sp³-hybridized carbons (Fsp3) is 0.273. The van der Waals surface area contributed by atoms with E-state index in [1.54, 1.807) is 31.4 Å². The molecule has 0 saturated carbocycles. The van der Waals surface area contributed by atoms with E-state index in [0.29, 0.717) is 18.1 Å². The van der Waals surface area contributed by atoms with Gasteiger partial charge in [-0.15, -0.1) is 0 Å². The van der Waals surface area contributed by atoms with Crippen LogP contribution >= 0.6 is 0 Å². The second-order valence-corrected chi connectivity index (χ2v) is 5.98. The highest BCUT2D eigenvalue weighted by Gasteiger charge is 2.11. The van der Waals surface area contributed by atoms with Gasteiger partial charge in [0.1, 0.15) is 0 Å². The fourth-order valence-electron chi connectivity index (χ4n) is 2.52. The number of methoxy groups -OCH3 is 1. The fourth-order valence-corrected chi connectivity index (χ4v) is 2.52. The highest BCUT2D eigenvalue weighted by molar-refractivity contribution is 5.89. The van der Waals surface area contributed by atoms with Crippen LogP contribution in [0.5, 0.6) is 11.5 Å². The Hall–Kier alpha value is -3.28. The first-order valence-corrected chi connectivity index (χ1v) is 9.03. The van der Waals surface area contributed by atoms with E-state index in [-0.39, 0.29) is 18.6 Å². The molecule has 0 radical (unpaired) electrons. The third-order valence-electron chi connectivity index (χ3n) is 3.92. The van der Waals surface area contributed by atoms with Crippen LogP contribution in [0.1, 0.15) is 31.0 Å². The zero-order chi connectivity index (χ0) is 20.4. The number of amides is 1. The van der Waals surface area contributed by atoms with Gasteiger partial charge in [-0.1, -0.05) is 36.4 Å². The Balaban J connectivity index is 1.84. The molecule has 0 saturated heterocycles. The molecule has 0 unspecified atom stereocenters. The van der Waals surface area contributed by atoms with Gasteiger partial charge in [-0.3, -0.25) is 4.79 Å². The third kappa shape index (κ3) is 6.46. The molecule has 0 spiro atoms. The number of hydrogen-bond donors (Lipinski definition) is 1. The van der Waals surface area contributed by atoms with Crippen molar-refractivity contribution in [1.82, 2.24) is 5.32 Å². The number of ether oxygens (including phenoxy) is 3. The Morgan fingerprint density at radius 2 is 1.86 bits per heavy atom. The standard InChI is InChI=1S/C22H25NO5/c1-4-27-19-12-10-17(14-20(19)26-3)11-13-22(25)28-15-21(24)23-16(2)18-8-6-5-7-9-18/h5-14,16H,4,15H2,1-3H3,(H,23,24)/b13-11+/t16-/m1/s1. The predicted molar refractivity (Wildman–Crippen MR) is 107 cm³/mol. The minimum absolute atomic E-state index is 0.167. The van der Waals surface area contributed by atoms with Crippen LogP contribution in [-0.4, -0.2) is 32.2 Å². The largest absolute Gasteiger partial charge is 0.493 e. The quantitative estimate of drug-likeness (QED) is 0.530. The summed E-state index contributed by atoms with van der Waals surface area (Å²) in [5.74, 6) is 0.247. The molecule has 6 heteroatoms. The summed E-state index contributed by atoms with van der Waals surface area (Å²) in [6.45, 7) is 3.95. The molecule has 0 bridgehead atoms. The second kappa shape index (κ2) is 10.8. The van der Waals surface area contributed by atoms with E-state index >= 15 is 0 Å². The summed E-state index contributed by atoms with van der Waals surface area (Å²) >= 11 is 0. The second-order valence-electron chi connectivity index (χ2n) is 5.98. The molecule has 0 aliphatic carbocycles. The van der Waals surface area contributed by atoms with Crippen molar-refractivity contribution in [2.24, 2.45) is 0 Å². The van der Waals surface area contributed by atoms with Crippen LogP contribution in [0.15, 0.2) is 54.6 Å². The van der Waals surface area contributed by atoms with Gasteiger partial charge in [-0.25, -0.2) is 4.79 Å². The number of hydrogen-bond acceptors (Lipinski definition) is 5. The van der Waals surface area contributed by atoms with E-state index in [0.717, 1.165) is 11.1 Å². The first-order chi connectivity index (χ1) is 13.5. The molecule has 0 aromatic heterocycles. The molecule has 0 aliphatic heterocycles. The van der Waals surface area contributed by atoms with Gasteiger partial charge in [0.25, 0.3) is 5.91 Å².